The van der Waals surface area contributed by atoms with Crippen molar-refractivity contribution in [2.24, 2.45) is 0 Å². The summed E-state index contributed by atoms with van der Waals surface area (Å²) in [4.78, 5) is 48.3. The minimum absolute atomic E-state index is 0.0924. The van der Waals surface area contributed by atoms with Crippen molar-refractivity contribution >= 4 is 17.7 Å². The van der Waals surface area contributed by atoms with Gasteiger partial charge in [0.1, 0.15) is 5.66 Å². The highest BCUT2D eigenvalue weighted by Gasteiger charge is 2.49. The number of carboxylic acid groups (broad SMARTS) is 1. The molecule has 3 N–H and O–H groups in total. The van der Waals surface area contributed by atoms with Crippen LogP contribution in [0.3, 0.4) is 0 Å². The van der Waals surface area contributed by atoms with E-state index in [1.165, 1.54) is 5.56 Å². The maximum atomic E-state index is 14.0. The summed E-state index contributed by atoms with van der Waals surface area (Å²) in [5, 5.41) is 13.6. The van der Waals surface area contributed by atoms with E-state index in [9.17, 15) is 19.5 Å². The number of H-pyrrole nitrogens is 1. The summed E-state index contributed by atoms with van der Waals surface area (Å²) in [5.74, 6) is -0.291. The number of carbonyl (C=O) groups is 2. The lowest BCUT2D eigenvalue weighted by molar-refractivity contribution is -0.00481. The first-order valence-electron chi connectivity index (χ1n) is 16.2. The standard InChI is InChI=1S/C37H51N5O4/c1-24-19-25(2)39-34(44)31(24)22-38-33(43)30-20-29(28-15-13-27(14-16-28)23-40(7)8)21-32(26(30)3)41(9)37(17-11-10-12-18-37)42(35(45)46)36(4,5)6/h13-16,19-21H,10-12,17-18,22-23H2,1-9H3,(H,38,43)(H,39,44)(H,45,46). The van der Waals surface area contributed by atoms with Gasteiger partial charge in [0, 0.05) is 48.2 Å². The fraction of sp³-hybridized carbons (Fsp3) is 0.486. The first kappa shape index (κ1) is 34.8. The van der Waals surface area contributed by atoms with Gasteiger partial charge in [-0.15, -0.1) is 0 Å². The molecule has 2 amide bonds. The molecule has 9 nitrogen and oxygen atoms in total. The molecular weight excluding hydrogens is 578 g/mol. The molecule has 0 spiro atoms. The summed E-state index contributed by atoms with van der Waals surface area (Å²) in [6.07, 6.45) is 3.29. The van der Waals surface area contributed by atoms with Crippen LogP contribution in [0.25, 0.3) is 11.1 Å². The summed E-state index contributed by atoms with van der Waals surface area (Å²) >= 11 is 0. The van der Waals surface area contributed by atoms with Crippen molar-refractivity contribution < 1.29 is 14.7 Å². The van der Waals surface area contributed by atoms with E-state index in [0.717, 1.165) is 59.4 Å². The largest absolute Gasteiger partial charge is 0.465 e. The number of hydrogen-bond acceptors (Lipinski definition) is 5. The molecule has 1 fully saturated rings. The van der Waals surface area contributed by atoms with Gasteiger partial charge in [-0.1, -0.05) is 30.7 Å². The van der Waals surface area contributed by atoms with Gasteiger partial charge in [-0.05, 0) is 127 Å². The molecule has 2 aromatic carbocycles. The molecule has 0 bridgehead atoms. The van der Waals surface area contributed by atoms with E-state index in [-0.39, 0.29) is 18.0 Å². The molecule has 1 aromatic heterocycles. The number of aromatic amines is 1. The van der Waals surface area contributed by atoms with E-state index in [1.807, 2.05) is 74.8 Å². The maximum absolute atomic E-state index is 14.0. The van der Waals surface area contributed by atoms with Gasteiger partial charge in [-0.3, -0.25) is 14.5 Å². The van der Waals surface area contributed by atoms with Crippen LogP contribution in [0.15, 0.2) is 47.3 Å². The third-order valence-electron chi connectivity index (χ3n) is 9.25. The Labute approximate surface area is 273 Å². The van der Waals surface area contributed by atoms with Crippen LogP contribution in [0.4, 0.5) is 10.5 Å². The fourth-order valence-electron chi connectivity index (χ4n) is 7.12. The Morgan fingerprint density at radius 3 is 2.11 bits per heavy atom. The number of hydrogen-bond donors (Lipinski definition) is 3. The lowest BCUT2D eigenvalue weighted by Gasteiger charge is -2.56. The number of rotatable bonds is 9. The van der Waals surface area contributed by atoms with Crippen LogP contribution >= 0.6 is 0 Å². The van der Waals surface area contributed by atoms with Crippen molar-refractivity contribution in [3.63, 3.8) is 0 Å². The summed E-state index contributed by atoms with van der Waals surface area (Å²) < 4.78 is 0. The number of amides is 2. The molecule has 1 heterocycles. The van der Waals surface area contributed by atoms with E-state index in [1.54, 1.807) is 4.90 Å². The second-order valence-corrected chi connectivity index (χ2v) is 14.1. The number of pyridine rings is 1. The summed E-state index contributed by atoms with van der Waals surface area (Å²) in [6.45, 7) is 12.4. The summed E-state index contributed by atoms with van der Waals surface area (Å²) in [5.41, 5.74) is 5.51. The first-order chi connectivity index (χ1) is 21.5. The monoisotopic (exact) mass is 629 g/mol. The minimum atomic E-state index is -0.955. The van der Waals surface area contributed by atoms with Gasteiger partial charge in [-0.25, -0.2) is 4.79 Å². The van der Waals surface area contributed by atoms with E-state index in [4.69, 9.17) is 0 Å². The van der Waals surface area contributed by atoms with E-state index in [2.05, 4.69) is 50.4 Å². The molecule has 1 saturated carbocycles. The quantitative estimate of drug-likeness (QED) is 0.224. The van der Waals surface area contributed by atoms with Crippen molar-refractivity contribution in [3.8, 4) is 11.1 Å². The minimum Gasteiger partial charge on any atom is -0.465 e. The topological polar surface area (TPSA) is 109 Å². The Balaban J connectivity index is 1.85. The lowest BCUT2D eigenvalue weighted by Crippen LogP contribution is -2.67. The van der Waals surface area contributed by atoms with Gasteiger partial charge in [-0.2, -0.15) is 0 Å². The van der Waals surface area contributed by atoms with Crippen molar-refractivity contribution in [1.29, 1.82) is 0 Å². The Kier molecular flexibility index (Phi) is 10.4. The molecular formula is C37H51N5O4. The number of aromatic nitrogens is 1. The first-order valence-corrected chi connectivity index (χ1v) is 16.2. The second-order valence-electron chi connectivity index (χ2n) is 14.1. The summed E-state index contributed by atoms with van der Waals surface area (Å²) in [7, 11) is 6.04. The zero-order chi connectivity index (χ0) is 34.0. The van der Waals surface area contributed by atoms with Crippen LogP contribution in [0, 0.1) is 20.8 Å². The van der Waals surface area contributed by atoms with E-state index in [0.29, 0.717) is 24.0 Å². The molecule has 0 radical (unpaired) electrons. The van der Waals surface area contributed by atoms with E-state index >= 15 is 0 Å². The highest BCUT2D eigenvalue weighted by Crippen LogP contribution is 2.44. The highest BCUT2D eigenvalue weighted by atomic mass is 16.4. The van der Waals surface area contributed by atoms with Crippen LogP contribution in [-0.2, 0) is 13.1 Å². The van der Waals surface area contributed by atoms with Gasteiger partial charge in [0.05, 0.1) is 0 Å². The van der Waals surface area contributed by atoms with Crippen molar-refractivity contribution in [2.75, 3.05) is 26.0 Å². The molecule has 248 valence electrons. The third kappa shape index (κ3) is 7.30. The lowest BCUT2D eigenvalue weighted by atomic mass is 9.82. The number of benzene rings is 2. The predicted octanol–water partition coefficient (Wildman–Crippen LogP) is 6.83. The Hall–Kier alpha value is -4.11. The molecule has 0 unspecified atom stereocenters. The zero-order valence-corrected chi connectivity index (χ0v) is 29.0. The zero-order valence-electron chi connectivity index (χ0n) is 29.0. The van der Waals surface area contributed by atoms with Crippen LogP contribution in [-0.4, -0.2) is 64.2 Å². The third-order valence-corrected chi connectivity index (χ3v) is 9.25. The highest BCUT2D eigenvalue weighted by molar-refractivity contribution is 5.99. The van der Waals surface area contributed by atoms with Crippen molar-refractivity contribution in [1.82, 2.24) is 20.1 Å². The van der Waals surface area contributed by atoms with Gasteiger partial charge in [0.25, 0.3) is 11.5 Å². The molecule has 9 heteroatoms. The molecule has 3 aromatic rings. The number of anilines is 1. The molecule has 4 rings (SSSR count). The second kappa shape index (κ2) is 13.7. The smallest absolute Gasteiger partial charge is 0.409 e. The van der Waals surface area contributed by atoms with Crippen molar-refractivity contribution in [2.45, 2.75) is 97.9 Å². The fourth-order valence-corrected chi connectivity index (χ4v) is 7.12. The number of nitrogens with zero attached hydrogens (tertiary/aromatic N) is 3. The average molecular weight is 630 g/mol. The van der Waals surface area contributed by atoms with Crippen LogP contribution < -0.4 is 15.8 Å². The predicted molar refractivity (Wildman–Crippen MR) is 186 cm³/mol. The number of aryl methyl sites for hydroxylation is 2. The molecule has 1 aliphatic rings. The molecule has 46 heavy (non-hydrogen) atoms. The van der Waals surface area contributed by atoms with E-state index < -0.39 is 17.3 Å². The number of carbonyl (C=O) groups excluding carboxylic acids is 1. The van der Waals surface area contributed by atoms with Crippen molar-refractivity contribution in [3.05, 3.63) is 86.3 Å². The summed E-state index contributed by atoms with van der Waals surface area (Å²) in [6, 6.07) is 14.2. The van der Waals surface area contributed by atoms with Crippen LogP contribution in [0.5, 0.6) is 0 Å². The molecule has 0 atom stereocenters. The van der Waals surface area contributed by atoms with Gasteiger partial charge in [0.15, 0.2) is 0 Å². The maximum Gasteiger partial charge on any atom is 0.409 e. The average Bonchev–Trinajstić information content (AvgIpc) is 2.96. The van der Waals surface area contributed by atoms with Gasteiger partial charge < -0.3 is 25.2 Å². The SMILES string of the molecule is Cc1cc(C)c(CNC(=O)c2cc(-c3ccc(CN(C)C)cc3)cc(N(C)C3(N(C(=O)O)C(C)(C)C)CCCCC3)c2C)c(=O)[nH]1. The molecule has 0 aliphatic heterocycles. The van der Waals surface area contributed by atoms with Gasteiger partial charge in [0.2, 0.25) is 0 Å². The normalized spacial score (nSPS) is 14.7. The molecule has 0 saturated heterocycles. The van der Waals surface area contributed by atoms with Crippen LogP contribution in [0.1, 0.15) is 91.2 Å². The van der Waals surface area contributed by atoms with Crippen LogP contribution in [0.2, 0.25) is 0 Å². The Bertz CT molecular complexity index is 1630. The Morgan fingerprint density at radius 1 is 0.935 bits per heavy atom. The van der Waals surface area contributed by atoms with Gasteiger partial charge >= 0.3 is 6.09 Å². The molecule has 1 aliphatic carbocycles. The number of nitrogens with one attached hydrogen (secondary N) is 2. The Morgan fingerprint density at radius 2 is 1.57 bits per heavy atom.